The van der Waals surface area contributed by atoms with E-state index in [9.17, 15) is 9.90 Å². The van der Waals surface area contributed by atoms with Crippen molar-refractivity contribution in [3.05, 3.63) is 23.5 Å². The Hall–Kier alpha value is -2.04. The van der Waals surface area contributed by atoms with Gasteiger partial charge in [-0.25, -0.2) is 4.98 Å². The van der Waals surface area contributed by atoms with Crippen LogP contribution in [0.3, 0.4) is 0 Å². The number of anilines is 1. The van der Waals surface area contributed by atoms with Gasteiger partial charge in [0.05, 0.1) is 17.0 Å². The summed E-state index contributed by atoms with van der Waals surface area (Å²) in [5, 5.41) is 13.3. The molecule has 2 aromatic rings. The normalized spacial score (nSPS) is 27.1. The van der Waals surface area contributed by atoms with E-state index in [2.05, 4.69) is 28.9 Å². The zero-order valence-electron chi connectivity index (χ0n) is 18.9. The van der Waals surface area contributed by atoms with Crippen molar-refractivity contribution < 1.29 is 9.90 Å². The molecule has 5 heteroatoms. The molecule has 0 saturated heterocycles. The maximum absolute atomic E-state index is 11.7. The van der Waals surface area contributed by atoms with Crippen molar-refractivity contribution in [1.82, 2.24) is 9.55 Å². The molecule has 0 amide bonds. The Morgan fingerprint density at radius 2 is 1.97 bits per heavy atom. The van der Waals surface area contributed by atoms with E-state index in [0.29, 0.717) is 6.04 Å². The van der Waals surface area contributed by atoms with Crippen LogP contribution in [-0.4, -0.2) is 26.7 Å². The van der Waals surface area contributed by atoms with Crippen LogP contribution in [0.1, 0.15) is 95.0 Å². The van der Waals surface area contributed by atoms with E-state index in [-0.39, 0.29) is 12.0 Å². The number of nitrogens with zero attached hydrogens (tertiary/aromatic N) is 2. The number of imidazole rings is 1. The van der Waals surface area contributed by atoms with Gasteiger partial charge in [0.25, 0.3) is 0 Å². The lowest BCUT2D eigenvalue weighted by atomic mass is 9.85. The lowest BCUT2D eigenvalue weighted by molar-refractivity contribution is -0.143. The SMILES string of the molecule is C[C@H]1CCc2c(ccc3c2nc(CCC2CCCCC2)n3[C@@H]2CCC[C@@H](C(=O)O)C2)N1. The first-order valence-electron chi connectivity index (χ1n) is 12.6. The van der Waals surface area contributed by atoms with Crippen LogP contribution in [0.15, 0.2) is 12.1 Å². The third-order valence-electron chi connectivity index (χ3n) is 8.13. The van der Waals surface area contributed by atoms with Gasteiger partial charge in [0.1, 0.15) is 5.82 Å². The summed E-state index contributed by atoms with van der Waals surface area (Å²) in [6, 6.07) is 5.23. The van der Waals surface area contributed by atoms with E-state index in [4.69, 9.17) is 4.98 Å². The fourth-order valence-corrected chi connectivity index (χ4v) is 6.37. The smallest absolute Gasteiger partial charge is 0.306 e. The van der Waals surface area contributed by atoms with Crippen LogP contribution in [0.2, 0.25) is 0 Å². The van der Waals surface area contributed by atoms with Gasteiger partial charge in [0.15, 0.2) is 0 Å². The fraction of sp³-hybridized carbons (Fsp3) is 0.692. The number of rotatable bonds is 5. The van der Waals surface area contributed by atoms with E-state index in [1.807, 2.05) is 0 Å². The maximum atomic E-state index is 11.7. The molecule has 1 aromatic heterocycles. The minimum atomic E-state index is -0.631. The second-order valence-electron chi connectivity index (χ2n) is 10.3. The third kappa shape index (κ3) is 4.20. The van der Waals surface area contributed by atoms with Crippen LogP contribution in [-0.2, 0) is 17.6 Å². The standard InChI is InChI=1S/C26H37N3O2/c1-17-10-12-21-22(27-17)13-14-23-25(21)28-24(15-11-18-6-3-2-4-7-18)29(23)20-9-5-8-19(16-20)26(30)31/h13-14,17-20,27H,2-12,15-16H2,1H3,(H,30,31)/t17-,19+,20+/m0/s1. The molecule has 2 fully saturated rings. The molecule has 3 atom stereocenters. The van der Waals surface area contributed by atoms with Crippen molar-refractivity contribution in [1.29, 1.82) is 0 Å². The average molecular weight is 424 g/mol. The number of carboxylic acids is 1. The average Bonchev–Trinajstić information content (AvgIpc) is 3.17. The molecule has 3 aliphatic rings. The predicted octanol–water partition coefficient (Wildman–Crippen LogP) is 6.11. The predicted molar refractivity (Wildman–Crippen MR) is 125 cm³/mol. The summed E-state index contributed by atoms with van der Waals surface area (Å²) in [6.07, 6.45) is 14.9. The quantitative estimate of drug-likeness (QED) is 0.609. The molecule has 0 bridgehead atoms. The summed E-state index contributed by atoms with van der Waals surface area (Å²) >= 11 is 0. The summed E-state index contributed by atoms with van der Waals surface area (Å²) in [5.74, 6) is 1.18. The van der Waals surface area contributed by atoms with E-state index in [1.54, 1.807) is 0 Å². The van der Waals surface area contributed by atoms with Crippen molar-refractivity contribution >= 4 is 22.7 Å². The molecule has 2 heterocycles. The van der Waals surface area contributed by atoms with Crippen molar-refractivity contribution in [2.24, 2.45) is 11.8 Å². The monoisotopic (exact) mass is 423 g/mol. The molecule has 0 spiro atoms. The number of aliphatic carboxylic acids is 1. The van der Waals surface area contributed by atoms with Gasteiger partial charge in [0.2, 0.25) is 0 Å². The molecule has 168 valence electrons. The Labute approximate surface area is 185 Å². The van der Waals surface area contributed by atoms with Gasteiger partial charge < -0.3 is 15.0 Å². The summed E-state index contributed by atoms with van der Waals surface area (Å²) < 4.78 is 2.46. The Balaban J connectivity index is 1.51. The van der Waals surface area contributed by atoms with Gasteiger partial charge in [-0.2, -0.15) is 0 Å². The molecular weight excluding hydrogens is 386 g/mol. The summed E-state index contributed by atoms with van der Waals surface area (Å²) in [5.41, 5.74) is 4.98. The van der Waals surface area contributed by atoms with Crippen LogP contribution in [0.5, 0.6) is 0 Å². The molecule has 5 rings (SSSR count). The van der Waals surface area contributed by atoms with Crippen molar-refractivity contribution in [3.8, 4) is 0 Å². The molecule has 2 aliphatic carbocycles. The Morgan fingerprint density at radius 1 is 1.13 bits per heavy atom. The molecule has 2 saturated carbocycles. The topological polar surface area (TPSA) is 67.2 Å². The minimum absolute atomic E-state index is 0.220. The van der Waals surface area contributed by atoms with Gasteiger partial charge >= 0.3 is 5.97 Å². The lowest BCUT2D eigenvalue weighted by Crippen LogP contribution is -2.26. The van der Waals surface area contributed by atoms with Gasteiger partial charge in [-0.1, -0.05) is 38.5 Å². The Kier molecular flexibility index (Phi) is 5.94. The third-order valence-corrected chi connectivity index (χ3v) is 8.13. The van der Waals surface area contributed by atoms with Crippen molar-refractivity contribution in [3.63, 3.8) is 0 Å². The number of nitrogens with one attached hydrogen (secondary N) is 1. The number of carbonyl (C=O) groups is 1. The second-order valence-corrected chi connectivity index (χ2v) is 10.3. The molecule has 1 aliphatic heterocycles. The second kappa shape index (κ2) is 8.84. The highest BCUT2D eigenvalue weighted by molar-refractivity contribution is 5.86. The first-order valence-corrected chi connectivity index (χ1v) is 12.6. The number of benzene rings is 1. The summed E-state index contributed by atoms with van der Waals surface area (Å²) in [7, 11) is 0. The molecule has 0 radical (unpaired) electrons. The molecule has 0 unspecified atom stereocenters. The first-order chi connectivity index (χ1) is 15.1. The highest BCUT2D eigenvalue weighted by atomic mass is 16.4. The molecule has 1 aromatic carbocycles. The van der Waals surface area contributed by atoms with Crippen molar-refractivity contribution in [2.45, 2.75) is 102 Å². The van der Waals surface area contributed by atoms with E-state index in [1.165, 1.54) is 61.1 Å². The Bertz CT molecular complexity index is 944. The van der Waals surface area contributed by atoms with Crippen LogP contribution < -0.4 is 5.32 Å². The molecular formula is C26H37N3O2. The van der Waals surface area contributed by atoms with Crippen LogP contribution in [0.25, 0.3) is 11.0 Å². The number of carboxylic acid groups (broad SMARTS) is 1. The van der Waals surface area contributed by atoms with Gasteiger partial charge in [-0.05, 0) is 63.5 Å². The Morgan fingerprint density at radius 3 is 2.77 bits per heavy atom. The number of hydrogen-bond acceptors (Lipinski definition) is 3. The number of aromatic nitrogens is 2. The fourth-order valence-electron chi connectivity index (χ4n) is 6.37. The van der Waals surface area contributed by atoms with Crippen molar-refractivity contribution in [2.75, 3.05) is 5.32 Å². The van der Waals surface area contributed by atoms with Gasteiger partial charge in [-0.3, -0.25) is 4.79 Å². The first kappa shape index (κ1) is 20.8. The highest BCUT2D eigenvalue weighted by Crippen LogP contribution is 2.39. The van der Waals surface area contributed by atoms with Crippen LogP contribution >= 0.6 is 0 Å². The zero-order valence-corrected chi connectivity index (χ0v) is 18.9. The van der Waals surface area contributed by atoms with Gasteiger partial charge in [0, 0.05) is 29.8 Å². The minimum Gasteiger partial charge on any atom is -0.481 e. The maximum Gasteiger partial charge on any atom is 0.306 e. The molecule has 5 nitrogen and oxygen atoms in total. The largest absolute Gasteiger partial charge is 0.481 e. The molecule has 31 heavy (non-hydrogen) atoms. The van der Waals surface area contributed by atoms with Crippen LogP contribution in [0.4, 0.5) is 5.69 Å². The number of hydrogen-bond donors (Lipinski definition) is 2. The molecule has 2 N–H and O–H groups in total. The van der Waals surface area contributed by atoms with E-state index in [0.717, 1.165) is 56.4 Å². The summed E-state index contributed by atoms with van der Waals surface area (Å²) in [6.45, 7) is 2.25. The number of aryl methyl sites for hydroxylation is 2. The zero-order chi connectivity index (χ0) is 21.4. The lowest BCUT2D eigenvalue weighted by Gasteiger charge is -2.30. The van der Waals surface area contributed by atoms with Crippen LogP contribution in [0, 0.1) is 11.8 Å². The number of fused-ring (bicyclic) bond motifs is 3. The van der Waals surface area contributed by atoms with E-state index >= 15 is 0 Å². The summed E-state index contributed by atoms with van der Waals surface area (Å²) in [4.78, 5) is 17.0. The van der Waals surface area contributed by atoms with E-state index < -0.39 is 5.97 Å². The highest BCUT2D eigenvalue weighted by Gasteiger charge is 2.31. The van der Waals surface area contributed by atoms with Gasteiger partial charge in [-0.15, -0.1) is 0 Å².